The predicted molar refractivity (Wildman–Crippen MR) is 458 cm³/mol. The van der Waals surface area contributed by atoms with Gasteiger partial charge in [-0.3, -0.25) is 43.2 Å². The Bertz CT molecular complexity index is 2970. The van der Waals surface area contributed by atoms with Crippen LogP contribution in [-0.4, -0.2) is 322 Å². The zero-order valence-corrected chi connectivity index (χ0v) is 73.1. The molecule has 0 bridgehead atoms. The molecule has 0 radical (unpaired) electrons. The van der Waals surface area contributed by atoms with E-state index in [-0.39, 0.29) is 169 Å². The molecule has 0 fully saturated rings. The van der Waals surface area contributed by atoms with Crippen molar-refractivity contribution in [3.8, 4) is 11.1 Å². The van der Waals surface area contributed by atoms with Crippen molar-refractivity contribution in [3.05, 3.63) is 59.7 Å². The summed E-state index contributed by atoms with van der Waals surface area (Å²) < 4.78 is 95.1. The molecule has 34 heteroatoms. The van der Waals surface area contributed by atoms with E-state index in [1.807, 2.05) is 24.3 Å². The van der Waals surface area contributed by atoms with Crippen LogP contribution in [0.4, 0.5) is 0 Å². The van der Waals surface area contributed by atoms with Crippen LogP contribution >= 0.6 is 0 Å². The van der Waals surface area contributed by atoms with Crippen molar-refractivity contribution in [1.82, 2.24) is 21.3 Å². The number of esters is 1. The van der Waals surface area contributed by atoms with E-state index in [2.05, 4.69) is 45.5 Å². The van der Waals surface area contributed by atoms with Crippen LogP contribution < -0.4 is 44.2 Å². The Morgan fingerprint density at radius 2 is 0.615 bits per heavy atom. The number of ether oxygens (including phenoxy) is 17. The smallest absolute Gasteiger partial charge is 0.305 e. The van der Waals surface area contributed by atoms with Crippen molar-refractivity contribution in [3.63, 3.8) is 0 Å². The van der Waals surface area contributed by atoms with E-state index in [4.69, 9.17) is 103 Å². The van der Waals surface area contributed by atoms with Gasteiger partial charge in [-0.05, 0) is 132 Å². The minimum atomic E-state index is -0.632. The first-order valence-electron chi connectivity index (χ1n) is 44.3. The number of nitrogens with two attached hydrogens (primary N) is 4. The van der Waals surface area contributed by atoms with Gasteiger partial charge in [-0.15, -0.1) is 0 Å². The Morgan fingerprint density at radius 3 is 0.967 bits per heavy atom. The highest BCUT2D eigenvalue weighted by Crippen LogP contribution is 2.44. The number of benzene rings is 2. The number of hydrogen-bond donors (Lipinski definition) is 8. The van der Waals surface area contributed by atoms with Crippen molar-refractivity contribution in [1.29, 1.82) is 0 Å². The summed E-state index contributed by atoms with van der Waals surface area (Å²) in [6.45, 7) is 14.6. The molecule has 0 saturated carbocycles. The molecule has 698 valence electrons. The molecular formula is C88H150N8O26. The van der Waals surface area contributed by atoms with Gasteiger partial charge in [0.1, 0.15) is 18.2 Å². The molecule has 4 atom stereocenters. The van der Waals surface area contributed by atoms with E-state index in [0.717, 1.165) is 44.9 Å². The Hall–Kier alpha value is -6.33. The molecule has 0 saturated heterocycles. The molecule has 12 N–H and O–H groups in total. The monoisotopic (exact) mass is 1740 g/mol. The largest absolute Gasteiger partial charge is 0.465 e. The minimum Gasteiger partial charge on any atom is -0.465 e. The van der Waals surface area contributed by atoms with E-state index < -0.39 is 23.9 Å². The Labute approximate surface area is 723 Å². The Balaban J connectivity index is 1.07. The highest BCUT2D eigenvalue weighted by atomic mass is 16.6. The molecule has 0 heterocycles. The fourth-order valence-electron chi connectivity index (χ4n) is 12.7. The molecule has 1 aliphatic carbocycles. The number of rotatable bonds is 90. The van der Waals surface area contributed by atoms with E-state index >= 15 is 0 Å². The van der Waals surface area contributed by atoms with Gasteiger partial charge in [0.25, 0.3) is 0 Å². The van der Waals surface area contributed by atoms with Gasteiger partial charge in [0.15, 0.2) is 11.6 Å². The van der Waals surface area contributed by atoms with Gasteiger partial charge in [-0.2, -0.15) is 0 Å². The van der Waals surface area contributed by atoms with E-state index in [9.17, 15) is 43.2 Å². The maximum absolute atomic E-state index is 13.2. The Morgan fingerprint density at radius 1 is 0.320 bits per heavy atom. The van der Waals surface area contributed by atoms with Crippen LogP contribution in [0.5, 0.6) is 0 Å². The zero-order valence-electron chi connectivity index (χ0n) is 73.1. The van der Waals surface area contributed by atoms with E-state index in [1.54, 1.807) is 0 Å². The van der Waals surface area contributed by atoms with Crippen LogP contribution in [0.2, 0.25) is 0 Å². The zero-order chi connectivity index (χ0) is 88.0. The summed E-state index contributed by atoms with van der Waals surface area (Å²) in [4.78, 5) is 114. The number of unbranched alkanes of at least 4 members (excludes halogenated alkanes) is 4. The van der Waals surface area contributed by atoms with Gasteiger partial charge in [0.2, 0.25) is 23.6 Å². The molecule has 3 rings (SSSR count). The highest BCUT2D eigenvalue weighted by Gasteiger charge is 2.30. The molecule has 2 aromatic carbocycles. The number of nitrogens with one attached hydrogen (secondary N) is 4. The first-order valence-corrected chi connectivity index (χ1v) is 44.3. The van der Waals surface area contributed by atoms with Crippen LogP contribution in [-0.2, 0) is 124 Å². The lowest BCUT2D eigenvalue weighted by atomic mass is 9.94. The molecule has 0 spiro atoms. The summed E-state index contributed by atoms with van der Waals surface area (Å²) in [6.07, 6.45) is 10.4. The van der Waals surface area contributed by atoms with Gasteiger partial charge >= 0.3 is 5.97 Å². The molecule has 2 aromatic rings. The summed E-state index contributed by atoms with van der Waals surface area (Å²) in [7, 11) is 0. The maximum Gasteiger partial charge on any atom is 0.305 e. The summed E-state index contributed by atoms with van der Waals surface area (Å²) >= 11 is 0. The molecule has 34 nitrogen and oxygen atoms in total. The van der Waals surface area contributed by atoms with E-state index in [1.165, 1.54) is 29.2 Å². The topological polar surface area (TPSA) is 463 Å². The number of ketones is 4. The third-order valence-corrected chi connectivity index (χ3v) is 19.5. The number of carbonyl (C=O) groups excluding carboxylic acids is 9. The lowest BCUT2D eigenvalue weighted by Crippen LogP contribution is -2.41. The summed E-state index contributed by atoms with van der Waals surface area (Å²) in [5.74, 6) is -2.37. The van der Waals surface area contributed by atoms with Gasteiger partial charge in [0.05, 0.1) is 210 Å². The molecule has 0 aromatic heterocycles. The fraction of sp³-hybridized carbons (Fsp3) is 0.761. The van der Waals surface area contributed by atoms with Crippen LogP contribution in [0.25, 0.3) is 11.1 Å². The average Bonchev–Trinajstić information content (AvgIpc) is 1.62. The standard InChI is InChI=1S/C88H150N8O26/c1-71(97)81(22-8-12-32-91)95-84(101)28-40-110-48-56-118-64-66-120-58-50-112-42-34-93-87(104)72(16-6-10-30-89)68-74(98)26-38-108-46-54-116-62-60-114-52-44-106-36-14-24-83(100)82(23-9-13-33-92)96-85(102)29-41-111-49-57-119-65-67-121-59-51-113-43-35-94-88(105)73(17-7-11-31-90)69-75(99)27-39-109-47-55-117-63-61-115-53-45-107-37-15-25-86(103)122-70-80-78-20-4-2-18-76(78)77-19-3-5-21-79(77)80/h2-5,18-21,72-73,80-82H,6-17,22-70,89-92H2,1H3,(H,93,104)(H,94,105)(H,95,101)(H,96,102). The SMILES string of the molecule is CC(=O)C(CCCCN)NC(=O)CCOCCOCCOCCOCCNC(=O)C(CCCCN)CC(=O)CCOCCOCCOCCOCCCC(=O)C(CCCCN)NC(=O)CCOCCOCCOCCOCCNC(=O)C(CCCCN)CC(=O)CCOCCOCCOCCOCCCC(=O)OCC1c2ccccc2-c2ccccc21. The maximum atomic E-state index is 13.2. The quantitative estimate of drug-likeness (QED) is 0.0327. The number of hydrogen-bond acceptors (Lipinski definition) is 30. The Kier molecular flexibility index (Phi) is 70.4. The van der Waals surface area contributed by atoms with Crippen molar-refractivity contribution in [2.75, 3.05) is 257 Å². The van der Waals surface area contributed by atoms with Crippen LogP contribution in [0, 0.1) is 11.8 Å². The van der Waals surface area contributed by atoms with Gasteiger partial charge in [-0.25, -0.2) is 0 Å². The molecule has 4 amide bonds. The molecule has 0 aliphatic heterocycles. The number of amides is 4. The number of carbonyl (C=O) groups is 9. The molecule has 122 heavy (non-hydrogen) atoms. The molecule has 4 unspecified atom stereocenters. The van der Waals surface area contributed by atoms with Crippen molar-refractivity contribution < 1.29 is 124 Å². The van der Waals surface area contributed by atoms with E-state index in [0.29, 0.717) is 243 Å². The highest BCUT2D eigenvalue weighted by molar-refractivity contribution is 5.90. The second-order valence-electron chi connectivity index (χ2n) is 29.3. The van der Waals surface area contributed by atoms with Crippen molar-refractivity contribution in [2.24, 2.45) is 34.8 Å². The number of Topliss-reactive ketones (excluding diaryl/α,β-unsaturated/α-hetero) is 4. The summed E-state index contributed by atoms with van der Waals surface area (Å²) in [5, 5.41) is 11.4. The van der Waals surface area contributed by atoms with Crippen molar-refractivity contribution in [2.45, 2.75) is 166 Å². The minimum absolute atomic E-state index is 0.0363. The molecule has 1 aliphatic rings. The van der Waals surface area contributed by atoms with Gasteiger partial charge in [-0.1, -0.05) is 61.4 Å². The third-order valence-electron chi connectivity index (χ3n) is 19.5. The van der Waals surface area contributed by atoms with Gasteiger partial charge in [0, 0.05) is 95.4 Å². The van der Waals surface area contributed by atoms with Gasteiger partial charge < -0.3 is 125 Å². The lowest BCUT2D eigenvalue weighted by molar-refractivity contribution is -0.144. The number of fused-ring (bicyclic) bond motifs is 3. The average molecular weight is 1740 g/mol. The lowest BCUT2D eigenvalue weighted by Gasteiger charge is -2.18. The van der Waals surface area contributed by atoms with Crippen molar-refractivity contribution >= 4 is 52.7 Å². The summed E-state index contributed by atoms with van der Waals surface area (Å²) in [5.41, 5.74) is 27.4. The van der Waals surface area contributed by atoms with Crippen LogP contribution in [0.15, 0.2) is 48.5 Å². The van der Waals surface area contributed by atoms with Crippen LogP contribution in [0.3, 0.4) is 0 Å². The van der Waals surface area contributed by atoms with Crippen LogP contribution in [0.1, 0.15) is 165 Å². The molecular weight excluding hydrogens is 1580 g/mol. The normalized spacial score (nSPS) is 12.8. The fourth-order valence-corrected chi connectivity index (χ4v) is 12.7. The third kappa shape index (κ3) is 58.8. The second kappa shape index (κ2) is 78.2. The first kappa shape index (κ1) is 110. The predicted octanol–water partition coefficient (Wildman–Crippen LogP) is 4.76. The first-order chi connectivity index (χ1) is 59.7. The second-order valence-corrected chi connectivity index (χ2v) is 29.3. The summed E-state index contributed by atoms with van der Waals surface area (Å²) in [6, 6.07) is 15.4.